The number of hydrogen-bond acceptors (Lipinski definition) is 4. The molecule has 1 aliphatic rings. The van der Waals surface area contributed by atoms with Gasteiger partial charge in [0, 0.05) is 18.7 Å². The molecular formula is C17H21N3O2. The Kier molecular flexibility index (Phi) is 4.24. The minimum atomic E-state index is -0.0544. The summed E-state index contributed by atoms with van der Waals surface area (Å²) in [5, 5.41) is 6.79. The molecule has 0 atom stereocenters. The third-order valence-corrected chi connectivity index (χ3v) is 4.19. The molecule has 0 bridgehead atoms. The van der Waals surface area contributed by atoms with E-state index in [1.807, 2.05) is 19.9 Å². The van der Waals surface area contributed by atoms with Crippen LogP contribution in [0.25, 0.3) is 0 Å². The number of carbonyl (C=O) groups is 1. The summed E-state index contributed by atoms with van der Waals surface area (Å²) in [6, 6.07) is 8.41. The van der Waals surface area contributed by atoms with Crippen LogP contribution < -0.4 is 5.32 Å². The molecule has 22 heavy (non-hydrogen) atoms. The van der Waals surface area contributed by atoms with Crippen molar-refractivity contribution in [1.82, 2.24) is 10.1 Å². The molecule has 2 heterocycles. The van der Waals surface area contributed by atoms with E-state index in [1.165, 1.54) is 11.1 Å². The van der Waals surface area contributed by atoms with Crippen LogP contribution in [0.1, 0.15) is 29.3 Å². The van der Waals surface area contributed by atoms with Gasteiger partial charge in [-0.25, -0.2) is 0 Å². The van der Waals surface area contributed by atoms with E-state index in [2.05, 4.69) is 33.6 Å². The van der Waals surface area contributed by atoms with Gasteiger partial charge in [0.2, 0.25) is 11.8 Å². The second-order valence-corrected chi connectivity index (χ2v) is 5.71. The average Bonchev–Trinajstić information content (AvgIpc) is 2.87. The molecule has 0 spiro atoms. The number of amides is 1. The lowest BCUT2D eigenvalue weighted by molar-refractivity contribution is -0.117. The molecule has 5 heteroatoms. The van der Waals surface area contributed by atoms with Gasteiger partial charge in [-0.3, -0.25) is 15.0 Å². The van der Waals surface area contributed by atoms with Crippen LogP contribution in [0, 0.1) is 6.92 Å². The predicted octanol–water partition coefficient (Wildman–Crippen LogP) is 2.54. The van der Waals surface area contributed by atoms with Crippen molar-refractivity contribution >= 4 is 11.8 Å². The Balaban J connectivity index is 1.60. The van der Waals surface area contributed by atoms with Gasteiger partial charge in [0.1, 0.15) is 0 Å². The summed E-state index contributed by atoms with van der Waals surface area (Å²) in [6.07, 6.45) is 1.79. The van der Waals surface area contributed by atoms with E-state index in [1.54, 1.807) is 0 Å². The Hall–Kier alpha value is -2.14. The first-order chi connectivity index (χ1) is 10.7. The molecule has 2 aromatic rings. The maximum absolute atomic E-state index is 12.2. The highest BCUT2D eigenvalue weighted by atomic mass is 16.5. The normalized spacial score (nSPS) is 14.6. The van der Waals surface area contributed by atoms with Crippen molar-refractivity contribution in [2.75, 3.05) is 18.4 Å². The first-order valence-electron chi connectivity index (χ1n) is 7.71. The van der Waals surface area contributed by atoms with Crippen LogP contribution in [-0.4, -0.2) is 29.1 Å². The summed E-state index contributed by atoms with van der Waals surface area (Å²) in [6.45, 7) is 6.03. The minimum absolute atomic E-state index is 0.0544. The monoisotopic (exact) mass is 299 g/mol. The molecule has 0 radical (unpaired) electrons. The van der Waals surface area contributed by atoms with Crippen LogP contribution in [0.2, 0.25) is 0 Å². The van der Waals surface area contributed by atoms with Crippen LogP contribution >= 0.6 is 0 Å². The van der Waals surface area contributed by atoms with E-state index in [0.29, 0.717) is 12.4 Å². The van der Waals surface area contributed by atoms with Crippen LogP contribution in [0.3, 0.4) is 0 Å². The fourth-order valence-corrected chi connectivity index (χ4v) is 2.87. The average molecular weight is 299 g/mol. The second kappa shape index (κ2) is 6.32. The van der Waals surface area contributed by atoms with E-state index in [-0.39, 0.29) is 5.91 Å². The zero-order valence-corrected chi connectivity index (χ0v) is 13.1. The van der Waals surface area contributed by atoms with Gasteiger partial charge in [0.25, 0.3) is 0 Å². The zero-order valence-electron chi connectivity index (χ0n) is 13.1. The number of benzene rings is 1. The first kappa shape index (κ1) is 14.8. The van der Waals surface area contributed by atoms with Crippen molar-refractivity contribution in [3.63, 3.8) is 0 Å². The molecule has 1 N–H and O–H groups in total. The van der Waals surface area contributed by atoms with E-state index >= 15 is 0 Å². The number of nitrogens with one attached hydrogen (secondary N) is 1. The molecule has 1 aromatic carbocycles. The highest BCUT2D eigenvalue weighted by molar-refractivity contribution is 5.91. The summed E-state index contributed by atoms with van der Waals surface area (Å²) < 4.78 is 5.20. The lowest BCUT2D eigenvalue weighted by atomic mass is 10.00. The van der Waals surface area contributed by atoms with Gasteiger partial charge < -0.3 is 4.52 Å². The van der Waals surface area contributed by atoms with Gasteiger partial charge in [-0.1, -0.05) is 36.3 Å². The van der Waals surface area contributed by atoms with Crippen LogP contribution in [0.4, 0.5) is 5.88 Å². The summed E-state index contributed by atoms with van der Waals surface area (Å²) in [5.41, 5.74) is 4.51. The third kappa shape index (κ3) is 3.04. The lowest BCUT2D eigenvalue weighted by Crippen LogP contribution is -2.37. The van der Waals surface area contributed by atoms with Crippen molar-refractivity contribution in [3.8, 4) is 0 Å². The number of aryl methyl sites for hydroxylation is 1. The maximum atomic E-state index is 12.2. The standard InChI is InChI=1S/C17H21N3O2/c1-3-15-12(2)17(22-19-15)18-16(21)11-20-9-8-13-6-4-5-7-14(13)10-20/h4-7H,3,8-11H2,1-2H3,(H,18,21). The van der Waals surface area contributed by atoms with E-state index in [9.17, 15) is 4.79 Å². The number of hydrogen-bond donors (Lipinski definition) is 1. The number of fused-ring (bicyclic) bond motifs is 1. The Morgan fingerprint density at radius 2 is 2.14 bits per heavy atom. The minimum Gasteiger partial charge on any atom is -0.338 e. The number of nitrogens with zero attached hydrogens (tertiary/aromatic N) is 2. The van der Waals surface area contributed by atoms with E-state index in [0.717, 1.165) is 37.2 Å². The fourth-order valence-electron chi connectivity index (χ4n) is 2.87. The van der Waals surface area contributed by atoms with Crippen LogP contribution in [0.5, 0.6) is 0 Å². The summed E-state index contributed by atoms with van der Waals surface area (Å²) in [7, 11) is 0. The maximum Gasteiger partial charge on any atom is 0.240 e. The van der Waals surface area contributed by atoms with Crippen LogP contribution in [-0.2, 0) is 24.2 Å². The molecule has 0 aliphatic carbocycles. The predicted molar refractivity (Wildman–Crippen MR) is 84.7 cm³/mol. The molecule has 0 saturated carbocycles. The van der Waals surface area contributed by atoms with Crippen molar-refractivity contribution in [1.29, 1.82) is 0 Å². The van der Waals surface area contributed by atoms with Crippen molar-refractivity contribution in [2.45, 2.75) is 33.2 Å². The number of anilines is 1. The molecule has 1 aliphatic heterocycles. The second-order valence-electron chi connectivity index (χ2n) is 5.71. The van der Waals surface area contributed by atoms with E-state index < -0.39 is 0 Å². The number of rotatable bonds is 4. The molecule has 5 nitrogen and oxygen atoms in total. The first-order valence-corrected chi connectivity index (χ1v) is 7.71. The SMILES string of the molecule is CCc1noc(NC(=O)CN2CCc3ccccc3C2)c1C. The molecule has 3 rings (SSSR count). The van der Waals surface area contributed by atoms with Crippen molar-refractivity contribution < 1.29 is 9.32 Å². The quantitative estimate of drug-likeness (QED) is 0.942. The topological polar surface area (TPSA) is 58.4 Å². The van der Waals surface area contributed by atoms with Gasteiger partial charge in [-0.2, -0.15) is 0 Å². The number of carbonyl (C=O) groups excluding carboxylic acids is 1. The Morgan fingerprint density at radius 3 is 2.86 bits per heavy atom. The molecule has 1 aromatic heterocycles. The molecule has 0 unspecified atom stereocenters. The molecule has 0 fully saturated rings. The Labute approximate surface area is 130 Å². The smallest absolute Gasteiger partial charge is 0.240 e. The molecule has 0 saturated heterocycles. The number of aromatic nitrogens is 1. The summed E-state index contributed by atoms with van der Waals surface area (Å²) in [4.78, 5) is 14.4. The Bertz CT molecular complexity index is 678. The Morgan fingerprint density at radius 1 is 1.36 bits per heavy atom. The van der Waals surface area contributed by atoms with Crippen LogP contribution in [0.15, 0.2) is 28.8 Å². The van der Waals surface area contributed by atoms with Crippen molar-refractivity contribution in [2.24, 2.45) is 0 Å². The molecular weight excluding hydrogens is 278 g/mol. The largest absolute Gasteiger partial charge is 0.338 e. The van der Waals surface area contributed by atoms with Gasteiger partial charge in [0.15, 0.2) is 0 Å². The zero-order chi connectivity index (χ0) is 15.5. The molecule has 1 amide bonds. The fraction of sp³-hybridized carbons (Fsp3) is 0.412. The summed E-state index contributed by atoms with van der Waals surface area (Å²) in [5.74, 6) is 0.417. The summed E-state index contributed by atoms with van der Waals surface area (Å²) >= 11 is 0. The van der Waals surface area contributed by atoms with Gasteiger partial charge in [-0.15, -0.1) is 0 Å². The van der Waals surface area contributed by atoms with Gasteiger partial charge in [0.05, 0.1) is 12.2 Å². The van der Waals surface area contributed by atoms with E-state index in [4.69, 9.17) is 4.52 Å². The highest BCUT2D eigenvalue weighted by Gasteiger charge is 2.19. The van der Waals surface area contributed by atoms with Crippen molar-refractivity contribution in [3.05, 3.63) is 46.6 Å². The van der Waals surface area contributed by atoms with Gasteiger partial charge in [-0.05, 0) is 30.9 Å². The third-order valence-electron chi connectivity index (χ3n) is 4.19. The lowest BCUT2D eigenvalue weighted by Gasteiger charge is -2.27. The highest BCUT2D eigenvalue weighted by Crippen LogP contribution is 2.20. The molecule has 116 valence electrons. The van der Waals surface area contributed by atoms with Gasteiger partial charge >= 0.3 is 0 Å².